The van der Waals surface area contributed by atoms with E-state index in [-0.39, 0.29) is 28.9 Å². The number of nitrogens with zero attached hydrogens (tertiary/aromatic N) is 1. The molecule has 0 spiro atoms. The van der Waals surface area contributed by atoms with Crippen molar-refractivity contribution in [1.29, 1.82) is 0 Å². The number of hydrogen-bond donors (Lipinski definition) is 1. The maximum Gasteiger partial charge on any atom is 0.0645 e. The first kappa shape index (κ1) is 9.88. The third-order valence-corrected chi connectivity index (χ3v) is 5.77. The predicted molar refractivity (Wildman–Crippen MR) is 136 cm³/mol. The molecule has 0 radical (unpaired) electrons. The average Bonchev–Trinajstić information content (AvgIpc) is 3.56. The standard InChI is InChI=1S/C30H20N2/c1-2-10-20(11-3-1)21-12-5-8-16-27(21)32-28-17-9-6-13-22(28)23-18-19-26-29(30(23)32)24-14-4-7-15-25(24)31-26/h1-19,31H/i1D,2D,3D,5D,8D,10D,11D,12D,16D,18D,19D. The molecule has 150 valence electrons. The first-order chi connectivity index (χ1) is 20.5. The van der Waals surface area contributed by atoms with Gasteiger partial charge < -0.3 is 9.55 Å². The minimum atomic E-state index is -0.636. The van der Waals surface area contributed by atoms with Crippen LogP contribution in [0.25, 0.3) is 60.4 Å². The zero-order chi connectivity index (χ0) is 30.6. The number of benzene rings is 5. The van der Waals surface area contributed by atoms with Crippen molar-refractivity contribution < 1.29 is 15.1 Å². The lowest BCUT2D eigenvalue weighted by molar-refractivity contribution is 1.19. The molecule has 0 unspecified atom stereocenters. The zero-order valence-corrected chi connectivity index (χ0v) is 16.6. The summed E-state index contributed by atoms with van der Waals surface area (Å²) in [4.78, 5) is 3.23. The molecule has 0 amide bonds. The van der Waals surface area contributed by atoms with E-state index in [9.17, 15) is 0 Å². The van der Waals surface area contributed by atoms with Gasteiger partial charge in [0.1, 0.15) is 0 Å². The summed E-state index contributed by atoms with van der Waals surface area (Å²) in [6.07, 6.45) is 0. The third kappa shape index (κ3) is 2.35. The number of hydrogen-bond acceptors (Lipinski definition) is 0. The Balaban J connectivity index is 1.83. The Labute approximate surface area is 200 Å². The lowest BCUT2D eigenvalue weighted by Crippen LogP contribution is -1.97. The number of rotatable bonds is 2. The maximum atomic E-state index is 9.11. The van der Waals surface area contributed by atoms with Crippen LogP contribution >= 0.6 is 0 Å². The minimum Gasteiger partial charge on any atom is -0.354 e. The Bertz CT molecular complexity index is 2340. The van der Waals surface area contributed by atoms with Gasteiger partial charge in [0.2, 0.25) is 0 Å². The fourth-order valence-corrected chi connectivity index (χ4v) is 4.47. The Hall–Kier alpha value is -4.30. The van der Waals surface area contributed by atoms with E-state index in [1.165, 1.54) is 0 Å². The average molecular weight is 420 g/mol. The lowest BCUT2D eigenvalue weighted by atomic mass is 10.0. The van der Waals surface area contributed by atoms with Crippen molar-refractivity contribution in [3.05, 3.63) is 115 Å². The van der Waals surface area contributed by atoms with Gasteiger partial charge in [0.15, 0.2) is 0 Å². The van der Waals surface area contributed by atoms with Gasteiger partial charge in [-0.15, -0.1) is 0 Å². The van der Waals surface area contributed by atoms with Crippen molar-refractivity contribution in [2.45, 2.75) is 0 Å². The van der Waals surface area contributed by atoms with E-state index < -0.39 is 54.4 Å². The molecule has 0 saturated carbocycles. The number of nitrogens with one attached hydrogen (secondary N) is 1. The molecule has 7 rings (SSSR count). The smallest absolute Gasteiger partial charge is 0.0645 e. The number of para-hydroxylation sites is 3. The number of aromatic nitrogens is 2. The van der Waals surface area contributed by atoms with Crippen LogP contribution in [0, 0.1) is 0 Å². The van der Waals surface area contributed by atoms with Crippen LogP contribution in [-0.4, -0.2) is 9.55 Å². The van der Waals surface area contributed by atoms with Gasteiger partial charge in [0.25, 0.3) is 0 Å². The number of fused-ring (bicyclic) bond motifs is 7. The highest BCUT2D eigenvalue weighted by atomic mass is 15.0. The van der Waals surface area contributed by atoms with E-state index in [1.807, 2.05) is 24.3 Å². The molecule has 2 nitrogen and oxygen atoms in total. The quantitative estimate of drug-likeness (QED) is 0.292. The summed E-state index contributed by atoms with van der Waals surface area (Å²) in [5.74, 6) is 0. The Morgan fingerprint density at radius 2 is 1.38 bits per heavy atom. The Morgan fingerprint density at radius 1 is 0.625 bits per heavy atom. The summed E-state index contributed by atoms with van der Waals surface area (Å²) in [6, 6.07) is 8.88. The summed E-state index contributed by atoms with van der Waals surface area (Å²) in [6.45, 7) is 0. The Kier molecular flexibility index (Phi) is 2.04. The van der Waals surface area contributed by atoms with Crippen LogP contribution in [0.4, 0.5) is 0 Å². The van der Waals surface area contributed by atoms with Crippen LogP contribution in [0.1, 0.15) is 15.1 Å². The monoisotopic (exact) mass is 419 g/mol. The molecule has 2 aromatic heterocycles. The highest BCUT2D eigenvalue weighted by molar-refractivity contribution is 6.25. The molecule has 0 saturated heterocycles. The molecule has 2 heterocycles. The topological polar surface area (TPSA) is 20.7 Å². The summed E-state index contributed by atoms with van der Waals surface area (Å²) < 4.78 is 96.7. The molecule has 0 fully saturated rings. The highest BCUT2D eigenvalue weighted by Crippen LogP contribution is 2.41. The van der Waals surface area contributed by atoms with Crippen LogP contribution in [0.3, 0.4) is 0 Å². The van der Waals surface area contributed by atoms with E-state index in [0.29, 0.717) is 38.2 Å². The molecule has 0 bridgehead atoms. The van der Waals surface area contributed by atoms with Gasteiger partial charge in [-0.2, -0.15) is 0 Å². The van der Waals surface area contributed by atoms with Crippen molar-refractivity contribution in [2.24, 2.45) is 0 Å². The summed E-state index contributed by atoms with van der Waals surface area (Å²) in [5, 5.41) is 2.23. The molecular formula is C30H20N2. The largest absolute Gasteiger partial charge is 0.354 e. The van der Waals surface area contributed by atoms with Gasteiger partial charge >= 0.3 is 0 Å². The van der Waals surface area contributed by atoms with Gasteiger partial charge in [-0.05, 0) is 29.8 Å². The number of H-pyrrole nitrogens is 1. The molecule has 0 aliphatic rings. The minimum absolute atomic E-state index is 0.0394. The van der Waals surface area contributed by atoms with Gasteiger partial charge in [0, 0.05) is 38.1 Å². The van der Waals surface area contributed by atoms with Crippen LogP contribution in [-0.2, 0) is 0 Å². The van der Waals surface area contributed by atoms with Gasteiger partial charge in [-0.25, -0.2) is 0 Å². The summed E-state index contributed by atoms with van der Waals surface area (Å²) in [7, 11) is 0. The molecule has 32 heavy (non-hydrogen) atoms. The molecule has 0 atom stereocenters. The molecule has 5 aromatic carbocycles. The lowest BCUT2D eigenvalue weighted by Gasteiger charge is -2.14. The first-order valence-corrected chi connectivity index (χ1v) is 10.1. The molecular weight excluding hydrogens is 388 g/mol. The van der Waals surface area contributed by atoms with Crippen molar-refractivity contribution in [3.8, 4) is 16.8 Å². The van der Waals surface area contributed by atoms with Crippen LogP contribution in [0.5, 0.6) is 0 Å². The van der Waals surface area contributed by atoms with Gasteiger partial charge in [-0.1, -0.05) is 90.8 Å². The normalized spacial score (nSPS) is 16.6. The van der Waals surface area contributed by atoms with Gasteiger partial charge in [-0.3, -0.25) is 0 Å². The van der Waals surface area contributed by atoms with Crippen LogP contribution < -0.4 is 0 Å². The highest BCUT2D eigenvalue weighted by Gasteiger charge is 2.19. The third-order valence-electron chi connectivity index (χ3n) is 5.77. The second-order valence-corrected chi connectivity index (χ2v) is 7.47. The second kappa shape index (κ2) is 6.60. The van der Waals surface area contributed by atoms with E-state index in [0.717, 1.165) is 5.39 Å². The summed E-state index contributed by atoms with van der Waals surface area (Å²) in [5.41, 5.74) is 1.18. The first-order valence-electron chi connectivity index (χ1n) is 15.6. The molecule has 2 heteroatoms. The van der Waals surface area contributed by atoms with Crippen LogP contribution in [0.2, 0.25) is 0 Å². The fourth-order valence-electron chi connectivity index (χ4n) is 4.47. The Morgan fingerprint density at radius 3 is 2.28 bits per heavy atom. The van der Waals surface area contributed by atoms with E-state index >= 15 is 0 Å². The van der Waals surface area contributed by atoms with E-state index in [2.05, 4.69) is 4.98 Å². The van der Waals surface area contributed by atoms with E-state index in [1.54, 1.807) is 28.8 Å². The van der Waals surface area contributed by atoms with Crippen molar-refractivity contribution in [3.63, 3.8) is 0 Å². The van der Waals surface area contributed by atoms with Crippen molar-refractivity contribution >= 4 is 43.6 Å². The number of aromatic amines is 1. The second-order valence-electron chi connectivity index (χ2n) is 7.47. The maximum absolute atomic E-state index is 9.11. The van der Waals surface area contributed by atoms with Crippen molar-refractivity contribution in [2.75, 3.05) is 0 Å². The molecule has 7 aromatic rings. The van der Waals surface area contributed by atoms with Crippen LogP contribution in [0.15, 0.2) is 115 Å². The fraction of sp³-hybridized carbons (Fsp3) is 0. The predicted octanol–water partition coefficient (Wildman–Crippen LogP) is 8.09. The molecule has 1 N–H and O–H groups in total. The van der Waals surface area contributed by atoms with E-state index in [4.69, 9.17) is 15.1 Å². The van der Waals surface area contributed by atoms with Crippen molar-refractivity contribution in [1.82, 2.24) is 9.55 Å². The molecule has 0 aliphatic heterocycles. The van der Waals surface area contributed by atoms with Gasteiger partial charge in [0.05, 0.1) is 31.8 Å². The zero-order valence-electron chi connectivity index (χ0n) is 27.6. The SMILES string of the molecule is [2H]c1c([2H])c([2H])c(-c2c([2H])c([2H])c([2H])c([2H])c2-n2c3ccccc3c3c([2H])c([2H])c4[nH]c5ccccc5c4c32)c([2H])c1[2H]. The summed E-state index contributed by atoms with van der Waals surface area (Å²) >= 11 is 0. The molecule has 0 aliphatic carbocycles.